The van der Waals surface area contributed by atoms with Crippen molar-refractivity contribution in [3.05, 3.63) is 81.4 Å². The number of carbonyl (C=O) groups is 1. The lowest BCUT2D eigenvalue weighted by Crippen LogP contribution is -2.31. The number of benzene rings is 2. The Balaban J connectivity index is 1.74. The quantitative estimate of drug-likeness (QED) is 0.618. The van der Waals surface area contributed by atoms with Crippen molar-refractivity contribution < 1.29 is 17.6 Å². The van der Waals surface area contributed by atoms with Crippen LogP contribution in [0.1, 0.15) is 16.2 Å². The monoisotopic (exact) mass is 401 g/mol. The number of hydrogen-bond acceptors (Lipinski definition) is 7. The van der Waals surface area contributed by atoms with Crippen LogP contribution in [-0.2, 0) is 16.6 Å². The van der Waals surface area contributed by atoms with Crippen molar-refractivity contribution in [2.75, 3.05) is 0 Å². The molecule has 0 fully saturated rings. The third-order valence-electron chi connectivity index (χ3n) is 4.00. The molecule has 4 rings (SSSR count). The highest BCUT2D eigenvalue weighted by Crippen LogP contribution is 2.30. The lowest BCUT2D eigenvalue weighted by molar-refractivity contribution is 0.0854. The summed E-state index contributed by atoms with van der Waals surface area (Å²) in [7, 11) is -4.04. The Hall–Kier alpha value is -3.11. The van der Waals surface area contributed by atoms with E-state index in [1.807, 2.05) is 0 Å². The van der Waals surface area contributed by atoms with E-state index >= 15 is 0 Å². The average Bonchev–Trinajstić information content (AvgIpc) is 2.83. The highest BCUT2D eigenvalue weighted by molar-refractivity contribution is 7.90. The predicted molar refractivity (Wildman–Crippen MR) is 96.4 cm³/mol. The van der Waals surface area contributed by atoms with Gasteiger partial charge in [0.1, 0.15) is 11.4 Å². The van der Waals surface area contributed by atoms with E-state index < -0.39 is 28.2 Å². The number of nitrogens with zero attached hydrogens (tertiary/aromatic N) is 3. The van der Waals surface area contributed by atoms with Crippen LogP contribution in [0.15, 0.2) is 68.7 Å². The second-order valence-electron chi connectivity index (χ2n) is 5.64. The number of aromatic nitrogens is 2. The van der Waals surface area contributed by atoms with Crippen LogP contribution in [0.2, 0.25) is 0 Å². The molecule has 1 aliphatic heterocycles. The van der Waals surface area contributed by atoms with Crippen LogP contribution in [0.3, 0.4) is 0 Å². The van der Waals surface area contributed by atoms with Crippen LogP contribution in [-0.4, -0.2) is 28.2 Å². The molecule has 27 heavy (non-hydrogen) atoms. The molecule has 0 saturated heterocycles. The maximum atomic E-state index is 12.6. The number of carbonyl (C=O) groups excluding carboxylic acids is 1. The van der Waals surface area contributed by atoms with Gasteiger partial charge in [-0.1, -0.05) is 30.3 Å². The fourth-order valence-corrected chi connectivity index (χ4v) is 4.57. The van der Waals surface area contributed by atoms with E-state index in [0.29, 0.717) is 9.99 Å². The van der Waals surface area contributed by atoms with Gasteiger partial charge in [0.2, 0.25) is 10.7 Å². The van der Waals surface area contributed by atoms with E-state index in [0.717, 1.165) is 4.57 Å². The molecule has 1 aromatic heterocycles. The molecule has 0 spiro atoms. The van der Waals surface area contributed by atoms with Gasteiger partial charge in [-0.15, -0.1) is 0 Å². The third-order valence-corrected chi connectivity index (χ3v) is 6.07. The molecule has 2 heterocycles. The minimum Gasteiger partial charge on any atom is -0.393 e. The van der Waals surface area contributed by atoms with Gasteiger partial charge in [0.15, 0.2) is 0 Å². The standard InChI is InChI=1S/C17H11N3O5S2/c21-15-12-8-4-5-9-13(12)27(23,24)19(15)10-14-18-16(26)20(17(22)25-14)11-6-2-1-3-7-11/h1-9H,10H2. The zero-order valence-electron chi connectivity index (χ0n) is 13.6. The molecular formula is C17H11N3O5S2. The molecule has 0 N–H and O–H groups in total. The Labute approximate surface area is 158 Å². The zero-order valence-corrected chi connectivity index (χ0v) is 15.2. The van der Waals surface area contributed by atoms with Gasteiger partial charge in [-0.05, 0) is 36.5 Å². The molecule has 136 valence electrons. The van der Waals surface area contributed by atoms with Crippen LogP contribution < -0.4 is 5.76 Å². The third kappa shape index (κ3) is 2.78. The van der Waals surface area contributed by atoms with Crippen molar-refractivity contribution in [3.8, 4) is 5.69 Å². The zero-order chi connectivity index (χ0) is 19.2. The minimum absolute atomic E-state index is 0.0636. The molecule has 0 saturated carbocycles. The SMILES string of the molecule is O=C1c2ccccc2S(=O)(=O)N1Cc1nc(=S)n(-c2ccccc2)c(=O)o1. The lowest BCUT2D eigenvalue weighted by Gasteiger charge is -2.13. The second kappa shape index (κ2) is 6.25. The Bertz CT molecular complexity index is 1250. The Morgan fingerprint density at radius 2 is 1.67 bits per heavy atom. The second-order valence-corrected chi connectivity index (χ2v) is 7.84. The van der Waals surface area contributed by atoms with Crippen molar-refractivity contribution >= 4 is 28.1 Å². The highest BCUT2D eigenvalue weighted by atomic mass is 32.2. The molecule has 0 radical (unpaired) electrons. The molecule has 0 unspecified atom stereocenters. The summed E-state index contributed by atoms with van der Waals surface area (Å²) in [6, 6.07) is 14.4. The Morgan fingerprint density at radius 3 is 2.33 bits per heavy atom. The van der Waals surface area contributed by atoms with Crippen molar-refractivity contribution in [1.29, 1.82) is 0 Å². The summed E-state index contributed by atoms with van der Waals surface area (Å²) in [4.78, 5) is 28.7. The molecule has 0 atom stereocenters. The summed E-state index contributed by atoms with van der Waals surface area (Å²) >= 11 is 5.14. The number of amides is 1. The van der Waals surface area contributed by atoms with Gasteiger partial charge >= 0.3 is 5.76 Å². The Morgan fingerprint density at radius 1 is 1.00 bits per heavy atom. The summed E-state index contributed by atoms with van der Waals surface area (Å²) in [5.41, 5.74) is 0.529. The maximum Gasteiger partial charge on any atom is 0.427 e. The number of para-hydroxylation sites is 1. The van der Waals surface area contributed by atoms with Gasteiger partial charge < -0.3 is 4.42 Å². The molecular weight excluding hydrogens is 390 g/mol. The molecule has 10 heteroatoms. The van der Waals surface area contributed by atoms with Crippen LogP contribution in [0.4, 0.5) is 0 Å². The largest absolute Gasteiger partial charge is 0.427 e. The number of fused-ring (bicyclic) bond motifs is 1. The fourth-order valence-electron chi connectivity index (χ4n) is 2.77. The highest BCUT2D eigenvalue weighted by Gasteiger charge is 2.41. The van der Waals surface area contributed by atoms with E-state index in [4.69, 9.17) is 16.6 Å². The first-order chi connectivity index (χ1) is 12.9. The molecule has 3 aromatic rings. The van der Waals surface area contributed by atoms with Crippen LogP contribution in [0.25, 0.3) is 5.69 Å². The number of hydrogen-bond donors (Lipinski definition) is 0. The van der Waals surface area contributed by atoms with Crippen molar-refractivity contribution in [2.24, 2.45) is 0 Å². The van der Waals surface area contributed by atoms with Gasteiger partial charge in [-0.25, -0.2) is 22.1 Å². The maximum absolute atomic E-state index is 12.6. The van der Waals surface area contributed by atoms with Crippen molar-refractivity contribution in [2.45, 2.75) is 11.4 Å². The normalized spacial score (nSPS) is 15.0. The molecule has 0 bridgehead atoms. The van der Waals surface area contributed by atoms with Gasteiger partial charge in [-0.3, -0.25) is 4.79 Å². The van der Waals surface area contributed by atoms with Gasteiger partial charge in [0, 0.05) is 0 Å². The predicted octanol–water partition coefficient (Wildman–Crippen LogP) is 1.90. The van der Waals surface area contributed by atoms with Gasteiger partial charge in [0.25, 0.3) is 15.9 Å². The fraction of sp³-hybridized carbons (Fsp3) is 0.0588. The summed E-state index contributed by atoms with van der Waals surface area (Å²) in [6.45, 7) is -0.523. The molecule has 1 aliphatic rings. The van der Waals surface area contributed by atoms with Crippen LogP contribution >= 0.6 is 12.2 Å². The van der Waals surface area contributed by atoms with Gasteiger partial charge in [-0.2, -0.15) is 4.98 Å². The molecule has 8 nitrogen and oxygen atoms in total. The smallest absolute Gasteiger partial charge is 0.393 e. The first-order valence-electron chi connectivity index (χ1n) is 7.74. The van der Waals surface area contributed by atoms with E-state index in [1.54, 1.807) is 36.4 Å². The first-order valence-corrected chi connectivity index (χ1v) is 9.59. The van der Waals surface area contributed by atoms with E-state index in [-0.39, 0.29) is 21.1 Å². The van der Waals surface area contributed by atoms with E-state index in [9.17, 15) is 18.0 Å². The molecule has 0 aliphatic carbocycles. The Kier molecular flexibility index (Phi) is 4.01. The minimum atomic E-state index is -4.04. The summed E-state index contributed by atoms with van der Waals surface area (Å²) in [5.74, 6) is -1.79. The summed E-state index contributed by atoms with van der Waals surface area (Å²) < 4.78 is 31.9. The molecule has 2 aromatic carbocycles. The number of rotatable bonds is 3. The van der Waals surface area contributed by atoms with E-state index in [1.165, 1.54) is 18.2 Å². The first kappa shape index (κ1) is 17.3. The van der Waals surface area contributed by atoms with E-state index in [2.05, 4.69) is 4.98 Å². The number of sulfonamides is 1. The van der Waals surface area contributed by atoms with Gasteiger partial charge in [0.05, 0.1) is 11.3 Å². The van der Waals surface area contributed by atoms with Crippen LogP contribution in [0.5, 0.6) is 0 Å². The van der Waals surface area contributed by atoms with Crippen molar-refractivity contribution in [1.82, 2.24) is 13.9 Å². The summed E-state index contributed by atoms with van der Waals surface area (Å²) in [6.07, 6.45) is 0. The topological polar surface area (TPSA) is 102 Å². The lowest BCUT2D eigenvalue weighted by atomic mass is 10.2. The molecule has 1 amide bonds. The van der Waals surface area contributed by atoms with Crippen molar-refractivity contribution in [3.63, 3.8) is 0 Å². The average molecular weight is 401 g/mol. The van der Waals surface area contributed by atoms with Crippen LogP contribution in [0, 0.1) is 4.77 Å². The summed E-state index contributed by atoms with van der Waals surface area (Å²) in [5, 5.41) is 0.